The van der Waals surface area contributed by atoms with Crippen LogP contribution in [0.4, 0.5) is 0 Å². The molecule has 0 bridgehead atoms. The summed E-state index contributed by atoms with van der Waals surface area (Å²) in [5.74, 6) is 0.0558. The molecule has 0 aliphatic rings. The molecule has 3 aromatic carbocycles. The number of amides is 2. The van der Waals surface area contributed by atoms with Crippen LogP contribution in [-0.4, -0.2) is 35.9 Å². The van der Waals surface area contributed by atoms with Crippen molar-refractivity contribution in [2.75, 3.05) is 13.2 Å². The number of nitrogens with one attached hydrogen (secondary N) is 1. The summed E-state index contributed by atoms with van der Waals surface area (Å²) in [4.78, 5) is 28.5. The predicted molar refractivity (Wildman–Crippen MR) is 146 cm³/mol. The maximum atomic E-state index is 13.6. The number of carbonyl (C=O) groups is 2. The number of halogens is 3. The normalized spacial score (nSPS) is 11.7. The Bertz CT molecular complexity index is 1170. The third-order valence-electron chi connectivity index (χ3n) is 5.48. The molecule has 5 nitrogen and oxygen atoms in total. The van der Waals surface area contributed by atoms with Gasteiger partial charge in [-0.3, -0.25) is 9.59 Å². The summed E-state index contributed by atoms with van der Waals surface area (Å²) in [6.45, 7) is 4.39. The maximum absolute atomic E-state index is 13.6. The molecule has 0 fully saturated rings. The number of ether oxygens (including phenoxy) is 1. The van der Waals surface area contributed by atoms with Gasteiger partial charge in [0.2, 0.25) is 5.91 Å². The zero-order chi connectivity index (χ0) is 26.1. The second-order valence-corrected chi connectivity index (χ2v) is 10.1. The second kappa shape index (κ2) is 13.5. The summed E-state index contributed by atoms with van der Waals surface area (Å²) >= 11 is 18.5. The van der Waals surface area contributed by atoms with Crippen molar-refractivity contribution in [3.63, 3.8) is 0 Å². The third kappa shape index (κ3) is 8.16. The van der Waals surface area contributed by atoms with Crippen LogP contribution in [0, 0.1) is 5.92 Å². The van der Waals surface area contributed by atoms with Crippen molar-refractivity contribution in [1.29, 1.82) is 0 Å². The quantitative estimate of drug-likeness (QED) is 0.301. The molecule has 0 radical (unpaired) electrons. The van der Waals surface area contributed by atoms with E-state index in [1.165, 1.54) is 4.90 Å². The second-order valence-electron chi connectivity index (χ2n) is 8.83. The molecule has 1 atom stereocenters. The summed E-state index contributed by atoms with van der Waals surface area (Å²) in [6.07, 6.45) is 0.337. The smallest absolute Gasteiger partial charge is 0.261 e. The third-order valence-corrected chi connectivity index (χ3v) is 6.53. The van der Waals surface area contributed by atoms with Gasteiger partial charge in [0, 0.05) is 19.5 Å². The molecule has 190 valence electrons. The Kier molecular flexibility index (Phi) is 10.5. The first-order valence-corrected chi connectivity index (χ1v) is 12.8. The topological polar surface area (TPSA) is 58.6 Å². The number of hydrogen-bond donors (Lipinski definition) is 1. The van der Waals surface area contributed by atoms with Gasteiger partial charge in [-0.15, -0.1) is 0 Å². The average molecular weight is 548 g/mol. The lowest BCUT2D eigenvalue weighted by Crippen LogP contribution is -2.52. The van der Waals surface area contributed by atoms with E-state index in [2.05, 4.69) is 5.32 Å². The van der Waals surface area contributed by atoms with Crippen molar-refractivity contribution in [2.45, 2.75) is 32.9 Å². The zero-order valence-electron chi connectivity index (χ0n) is 20.2. The number of benzene rings is 3. The monoisotopic (exact) mass is 546 g/mol. The van der Waals surface area contributed by atoms with Crippen molar-refractivity contribution in [2.24, 2.45) is 5.92 Å². The molecule has 0 saturated carbocycles. The van der Waals surface area contributed by atoms with Gasteiger partial charge in [-0.25, -0.2) is 0 Å². The molecule has 0 spiro atoms. The van der Waals surface area contributed by atoms with E-state index in [1.807, 2.05) is 44.2 Å². The number of para-hydroxylation sites is 1. The van der Waals surface area contributed by atoms with Gasteiger partial charge in [-0.1, -0.05) is 97.2 Å². The van der Waals surface area contributed by atoms with E-state index in [0.717, 1.165) is 11.1 Å². The van der Waals surface area contributed by atoms with Crippen molar-refractivity contribution in [3.8, 4) is 5.75 Å². The number of hydrogen-bond acceptors (Lipinski definition) is 3. The molecule has 0 heterocycles. The lowest BCUT2D eigenvalue weighted by atomic mass is 10.0. The Balaban J connectivity index is 1.93. The Morgan fingerprint density at radius 3 is 2.22 bits per heavy atom. The molecule has 0 saturated heterocycles. The lowest BCUT2D eigenvalue weighted by Gasteiger charge is -2.32. The summed E-state index contributed by atoms with van der Waals surface area (Å²) in [5.41, 5.74) is 1.67. The van der Waals surface area contributed by atoms with Crippen molar-refractivity contribution < 1.29 is 14.3 Å². The number of rotatable bonds is 11. The van der Waals surface area contributed by atoms with E-state index in [1.54, 1.807) is 42.5 Å². The van der Waals surface area contributed by atoms with Crippen molar-refractivity contribution in [1.82, 2.24) is 10.2 Å². The van der Waals surface area contributed by atoms with Crippen LogP contribution in [0.3, 0.4) is 0 Å². The summed E-state index contributed by atoms with van der Waals surface area (Å²) in [7, 11) is 0. The van der Waals surface area contributed by atoms with E-state index < -0.39 is 6.04 Å². The fraction of sp³-hybridized carbons (Fsp3) is 0.286. The van der Waals surface area contributed by atoms with Gasteiger partial charge in [0.15, 0.2) is 6.61 Å². The Morgan fingerprint density at radius 2 is 1.56 bits per heavy atom. The van der Waals surface area contributed by atoms with Gasteiger partial charge in [0.25, 0.3) is 5.91 Å². The first-order chi connectivity index (χ1) is 17.2. The molecule has 2 amide bonds. The van der Waals surface area contributed by atoms with Crippen LogP contribution in [0.5, 0.6) is 5.75 Å². The molecule has 0 unspecified atom stereocenters. The van der Waals surface area contributed by atoms with Crippen LogP contribution in [0.25, 0.3) is 0 Å². The molecule has 3 rings (SSSR count). The highest BCUT2D eigenvalue weighted by molar-refractivity contribution is 6.42. The molecule has 36 heavy (non-hydrogen) atoms. The summed E-state index contributed by atoms with van der Waals surface area (Å²) < 4.78 is 5.74. The van der Waals surface area contributed by atoms with Crippen LogP contribution in [0.15, 0.2) is 72.8 Å². The molecule has 3 aromatic rings. The average Bonchev–Trinajstić information content (AvgIpc) is 2.86. The van der Waals surface area contributed by atoms with E-state index in [9.17, 15) is 9.59 Å². The molecule has 0 aliphatic carbocycles. The van der Waals surface area contributed by atoms with Crippen molar-refractivity contribution >= 4 is 46.6 Å². The molecular formula is C28H29Cl3N2O3. The van der Waals surface area contributed by atoms with E-state index >= 15 is 0 Å². The number of carbonyl (C=O) groups excluding carboxylic acids is 2. The first kappa shape index (κ1) is 27.9. The van der Waals surface area contributed by atoms with Gasteiger partial charge in [0.05, 0.1) is 15.1 Å². The summed E-state index contributed by atoms with van der Waals surface area (Å²) in [6, 6.07) is 20.9. The van der Waals surface area contributed by atoms with Gasteiger partial charge < -0.3 is 15.0 Å². The SMILES string of the molecule is CC(C)CNC(=O)[C@@H](Cc1ccccc1)N(Cc1ccc(Cl)c(Cl)c1)C(=O)COc1ccccc1Cl. The Morgan fingerprint density at radius 1 is 0.861 bits per heavy atom. The number of nitrogens with zero attached hydrogens (tertiary/aromatic N) is 1. The largest absolute Gasteiger partial charge is 0.482 e. The highest BCUT2D eigenvalue weighted by atomic mass is 35.5. The lowest BCUT2D eigenvalue weighted by molar-refractivity contribution is -0.142. The summed E-state index contributed by atoms with van der Waals surface area (Å²) in [5, 5.41) is 4.17. The van der Waals surface area contributed by atoms with Gasteiger partial charge in [-0.2, -0.15) is 0 Å². The Hall–Kier alpha value is -2.73. The molecule has 0 aliphatic heterocycles. The minimum Gasteiger partial charge on any atom is -0.482 e. The van der Waals surface area contributed by atoms with E-state index in [-0.39, 0.29) is 30.9 Å². The molecule has 8 heteroatoms. The minimum absolute atomic E-state index is 0.147. The van der Waals surface area contributed by atoms with Crippen LogP contribution in [-0.2, 0) is 22.6 Å². The first-order valence-electron chi connectivity index (χ1n) is 11.7. The van der Waals surface area contributed by atoms with Gasteiger partial charge in [-0.05, 0) is 41.3 Å². The van der Waals surface area contributed by atoms with Crippen LogP contribution in [0.1, 0.15) is 25.0 Å². The zero-order valence-corrected chi connectivity index (χ0v) is 22.5. The fourth-order valence-corrected chi connectivity index (χ4v) is 4.11. The standard InChI is InChI=1S/C28H29Cl3N2O3/c1-19(2)16-32-28(35)25(15-20-8-4-3-5-9-20)33(17-21-12-13-22(29)24(31)14-21)27(34)18-36-26-11-7-6-10-23(26)30/h3-14,19,25H,15-18H2,1-2H3,(H,32,35)/t25-/m1/s1. The van der Waals surface area contributed by atoms with E-state index in [4.69, 9.17) is 39.5 Å². The maximum Gasteiger partial charge on any atom is 0.261 e. The fourth-order valence-electron chi connectivity index (χ4n) is 3.60. The van der Waals surface area contributed by atoms with Gasteiger partial charge in [0.1, 0.15) is 11.8 Å². The van der Waals surface area contributed by atoms with Crippen molar-refractivity contribution in [3.05, 3.63) is 99.0 Å². The predicted octanol–water partition coefficient (Wildman–Crippen LogP) is 6.44. The highest BCUT2D eigenvalue weighted by Gasteiger charge is 2.31. The Labute approximate surface area is 227 Å². The molecule has 1 N–H and O–H groups in total. The highest BCUT2D eigenvalue weighted by Crippen LogP contribution is 2.25. The van der Waals surface area contributed by atoms with Crippen LogP contribution in [0.2, 0.25) is 15.1 Å². The minimum atomic E-state index is -0.775. The van der Waals surface area contributed by atoms with Crippen LogP contribution >= 0.6 is 34.8 Å². The molecular weight excluding hydrogens is 519 g/mol. The molecule has 0 aromatic heterocycles. The van der Waals surface area contributed by atoms with Crippen LogP contribution < -0.4 is 10.1 Å². The van der Waals surface area contributed by atoms with E-state index in [0.29, 0.717) is 33.8 Å². The van der Waals surface area contributed by atoms with Gasteiger partial charge >= 0.3 is 0 Å².